The average Bonchev–Trinajstić information content (AvgIpc) is 3.89. The van der Waals surface area contributed by atoms with Crippen LogP contribution in [0.1, 0.15) is 127 Å². The molecular formula is C63H59F2N4OPt-3. The standard InChI is InChI=1S/C63H59F2N4O.Pt/c1-37(2)42-18-22-50(54(29-42)39(5)6)44-27-47(34-49(28-44)70-48-21-24-53-52-15-11-12-16-58(52)69(60(53)35-48)62-17-13-14-26-66-62)67-36-68(61-32-43(38(3)4)19-25-59(61)67)63-55(40(7)8)30-45(31-56(63)41(9)10)51-23-20-46(64)33-57(51)65;/h11-33,36-41H,1-10H3;/q-3;. The van der Waals surface area contributed by atoms with Crippen LogP contribution in [0.5, 0.6) is 11.5 Å². The number of benzene rings is 7. The Bertz CT molecular complexity index is 3400. The molecule has 9 aromatic rings. The Labute approximate surface area is 432 Å². The van der Waals surface area contributed by atoms with Gasteiger partial charge in [-0.2, -0.15) is 6.07 Å². The first-order chi connectivity index (χ1) is 33.6. The molecule has 3 heterocycles. The maximum absolute atomic E-state index is 15.5. The molecule has 1 aliphatic heterocycles. The fraction of sp³-hybridized carbons (Fsp3) is 0.238. The van der Waals surface area contributed by atoms with Crippen molar-refractivity contribution in [2.75, 3.05) is 9.80 Å². The van der Waals surface area contributed by atoms with Crippen LogP contribution in [-0.4, -0.2) is 9.55 Å². The zero-order chi connectivity index (χ0) is 49.1. The molecule has 0 spiro atoms. The molecule has 0 atom stereocenters. The Morgan fingerprint density at radius 1 is 0.535 bits per heavy atom. The van der Waals surface area contributed by atoms with Crippen molar-refractivity contribution in [2.45, 2.75) is 98.8 Å². The summed E-state index contributed by atoms with van der Waals surface area (Å²) in [5.41, 5.74) is 14.9. The topological polar surface area (TPSA) is 33.5 Å². The van der Waals surface area contributed by atoms with Crippen LogP contribution in [0.25, 0.3) is 49.9 Å². The fourth-order valence-corrected chi connectivity index (χ4v) is 9.95. The van der Waals surface area contributed by atoms with Crippen molar-refractivity contribution in [3.63, 3.8) is 0 Å². The molecule has 10 rings (SSSR count). The minimum atomic E-state index is -0.596. The number of hydrogen-bond acceptors (Lipinski definition) is 4. The maximum atomic E-state index is 15.5. The van der Waals surface area contributed by atoms with E-state index in [1.807, 2.05) is 30.5 Å². The quantitative estimate of drug-likeness (QED) is 0.114. The molecule has 0 fully saturated rings. The van der Waals surface area contributed by atoms with Crippen molar-refractivity contribution < 1.29 is 34.6 Å². The average molecular weight is 1120 g/mol. The van der Waals surface area contributed by atoms with E-state index in [0.717, 1.165) is 84.3 Å². The minimum absolute atomic E-state index is 0. The van der Waals surface area contributed by atoms with E-state index in [4.69, 9.17) is 9.72 Å². The summed E-state index contributed by atoms with van der Waals surface area (Å²) < 4.78 is 38.8. The van der Waals surface area contributed by atoms with E-state index >= 15 is 4.39 Å². The Balaban J connectivity index is 0.00000624. The second-order valence-electron chi connectivity index (χ2n) is 20.2. The second-order valence-corrected chi connectivity index (χ2v) is 20.2. The van der Waals surface area contributed by atoms with E-state index in [2.05, 4.69) is 193 Å². The SMILES string of the molecule is CC(C)c1ccc(-c2cc(Oc3[c-]c4c(cc3)c3ccccc3n4-c3ccccn3)[c-]c(N3[CH-]N(c4c(C(C)C)cc(-c5ccc(F)cc5F)cc4C(C)C)c4cc(C(C)C)ccc43)c2)c(C(C)C)c1.[Pt]. The number of para-hydroxylation sites is 1. The van der Waals surface area contributed by atoms with Crippen LogP contribution >= 0.6 is 0 Å². The summed E-state index contributed by atoms with van der Waals surface area (Å²) in [4.78, 5) is 9.28. The number of aromatic nitrogens is 2. The third kappa shape index (κ3) is 9.30. The molecule has 0 saturated carbocycles. The van der Waals surface area contributed by atoms with Gasteiger partial charge in [0, 0.05) is 73.0 Å². The van der Waals surface area contributed by atoms with E-state index in [9.17, 15) is 4.39 Å². The van der Waals surface area contributed by atoms with Crippen LogP contribution in [0, 0.1) is 30.4 Å². The molecule has 0 bridgehead atoms. The number of anilines is 4. The normalized spacial score (nSPS) is 12.6. The van der Waals surface area contributed by atoms with Gasteiger partial charge in [0.1, 0.15) is 17.5 Å². The van der Waals surface area contributed by atoms with Gasteiger partial charge in [-0.1, -0.05) is 123 Å². The molecule has 0 N–H and O–H groups in total. The van der Waals surface area contributed by atoms with Gasteiger partial charge >= 0.3 is 0 Å². The van der Waals surface area contributed by atoms with Gasteiger partial charge in [-0.05, 0) is 129 Å². The third-order valence-electron chi connectivity index (χ3n) is 13.7. The molecular weight excluding hydrogens is 1060 g/mol. The molecule has 8 heteroatoms. The maximum Gasteiger partial charge on any atom is 0.135 e. The number of fused-ring (bicyclic) bond motifs is 4. The summed E-state index contributed by atoms with van der Waals surface area (Å²) in [6.07, 6.45) is 1.81. The predicted octanol–water partition coefficient (Wildman–Crippen LogP) is 18.2. The van der Waals surface area contributed by atoms with Crippen molar-refractivity contribution >= 4 is 44.6 Å². The smallest absolute Gasteiger partial charge is 0.135 e. The number of rotatable bonds is 12. The molecule has 5 nitrogen and oxygen atoms in total. The van der Waals surface area contributed by atoms with E-state index in [1.165, 1.54) is 22.8 Å². The van der Waals surface area contributed by atoms with E-state index in [-0.39, 0.29) is 44.7 Å². The Hall–Kier alpha value is -6.56. The van der Waals surface area contributed by atoms with E-state index in [0.29, 0.717) is 23.0 Å². The first kappa shape index (κ1) is 49.4. The zero-order valence-electron chi connectivity index (χ0n) is 42.0. The first-order valence-corrected chi connectivity index (χ1v) is 24.6. The van der Waals surface area contributed by atoms with Crippen LogP contribution in [0.15, 0.2) is 140 Å². The van der Waals surface area contributed by atoms with Crippen molar-refractivity contribution in [1.82, 2.24) is 9.55 Å². The molecule has 364 valence electrons. The second kappa shape index (κ2) is 19.9. The van der Waals surface area contributed by atoms with Gasteiger partial charge in [-0.3, -0.25) is 0 Å². The van der Waals surface area contributed by atoms with Gasteiger partial charge in [0.2, 0.25) is 0 Å². The molecule has 1 aliphatic rings. The largest absolute Gasteiger partial charge is 0.509 e. The molecule has 0 radical (unpaired) electrons. The summed E-state index contributed by atoms with van der Waals surface area (Å²) >= 11 is 0. The van der Waals surface area contributed by atoms with Crippen LogP contribution in [0.3, 0.4) is 0 Å². The van der Waals surface area contributed by atoms with Gasteiger partial charge in [-0.15, -0.1) is 53.6 Å². The summed E-state index contributed by atoms with van der Waals surface area (Å²) in [7, 11) is 0. The molecule has 0 amide bonds. The van der Waals surface area contributed by atoms with E-state index < -0.39 is 11.6 Å². The van der Waals surface area contributed by atoms with Gasteiger partial charge in [0.25, 0.3) is 0 Å². The zero-order valence-corrected chi connectivity index (χ0v) is 44.3. The molecule has 0 saturated heterocycles. The van der Waals surface area contributed by atoms with Crippen molar-refractivity contribution in [2.24, 2.45) is 0 Å². The Kier molecular flexibility index (Phi) is 13.9. The number of halogens is 2. The van der Waals surface area contributed by atoms with Crippen LogP contribution in [0.2, 0.25) is 0 Å². The third-order valence-corrected chi connectivity index (χ3v) is 13.7. The molecule has 71 heavy (non-hydrogen) atoms. The molecule has 0 unspecified atom stereocenters. The summed E-state index contributed by atoms with van der Waals surface area (Å²) in [5, 5.41) is 2.17. The number of hydrogen-bond donors (Lipinski definition) is 0. The molecule has 2 aromatic heterocycles. The fourth-order valence-electron chi connectivity index (χ4n) is 9.95. The van der Waals surface area contributed by atoms with Crippen molar-refractivity contribution in [3.05, 3.63) is 198 Å². The van der Waals surface area contributed by atoms with Gasteiger partial charge in [0.05, 0.1) is 0 Å². The van der Waals surface area contributed by atoms with Crippen LogP contribution < -0.4 is 14.5 Å². The van der Waals surface area contributed by atoms with Crippen molar-refractivity contribution in [1.29, 1.82) is 0 Å². The predicted molar refractivity (Wildman–Crippen MR) is 285 cm³/mol. The molecule has 0 aliphatic carbocycles. The van der Waals surface area contributed by atoms with E-state index in [1.54, 1.807) is 6.07 Å². The minimum Gasteiger partial charge on any atom is -0.509 e. The van der Waals surface area contributed by atoms with Gasteiger partial charge < -0.3 is 19.1 Å². The van der Waals surface area contributed by atoms with Crippen LogP contribution in [-0.2, 0) is 21.1 Å². The number of ether oxygens (including phenoxy) is 1. The summed E-state index contributed by atoms with van der Waals surface area (Å²) in [6.45, 7) is 24.3. The first-order valence-electron chi connectivity index (χ1n) is 24.6. The summed E-state index contributed by atoms with van der Waals surface area (Å²) in [6, 6.07) is 51.7. The number of nitrogens with zero attached hydrogens (tertiary/aromatic N) is 4. The Morgan fingerprint density at radius 2 is 1.20 bits per heavy atom. The van der Waals surface area contributed by atoms with Gasteiger partial charge in [0.15, 0.2) is 0 Å². The van der Waals surface area contributed by atoms with Gasteiger partial charge in [-0.25, -0.2) is 13.8 Å². The molecule has 7 aromatic carbocycles. The van der Waals surface area contributed by atoms with Crippen molar-refractivity contribution in [3.8, 4) is 39.6 Å². The number of pyridine rings is 1. The van der Waals surface area contributed by atoms with Crippen LogP contribution in [0.4, 0.5) is 31.5 Å². The summed E-state index contributed by atoms with van der Waals surface area (Å²) in [5.74, 6) is 1.79. The Morgan fingerprint density at radius 3 is 1.87 bits per heavy atom. The monoisotopic (exact) mass is 1120 g/mol.